The summed E-state index contributed by atoms with van der Waals surface area (Å²) in [5.74, 6) is 0.262. The van der Waals surface area contributed by atoms with Crippen molar-refractivity contribution in [2.45, 2.75) is 44.4 Å². The normalized spacial score (nSPS) is 24.1. The average molecular weight is 365 g/mol. The van der Waals surface area contributed by atoms with Crippen LogP contribution < -0.4 is 10.2 Å². The summed E-state index contributed by atoms with van der Waals surface area (Å²) in [6.07, 6.45) is 0. The van der Waals surface area contributed by atoms with Gasteiger partial charge in [-0.3, -0.25) is 9.80 Å². The Morgan fingerprint density at radius 3 is 2.56 bits per heavy atom. The topological polar surface area (TPSA) is 55.8 Å². The van der Waals surface area contributed by atoms with Gasteiger partial charge >= 0.3 is 6.03 Å². The Balaban J connectivity index is 1.64. The number of anilines is 1. The lowest BCUT2D eigenvalue weighted by Gasteiger charge is -2.59. The quantitative estimate of drug-likeness (QED) is 0.876. The molecule has 0 aromatic heterocycles. The molecule has 0 aliphatic carbocycles. The van der Waals surface area contributed by atoms with Crippen molar-refractivity contribution in [2.24, 2.45) is 0 Å². The first-order valence-electron chi connectivity index (χ1n) is 9.67. The van der Waals surface area contributed by atoms with Gasteiger partial charge in [-0.2, -0.15) is 0 Å². The molecule has 5 nitrogen and oxygen atoms in total. The molecule has 2 aromatic carbocycles. The van der Waals surface area contributed by atoms with Crippen LogP contribution in [-0.2, 0) is 6.54 Å². The highest BCUT2D eigenvalue weighted by molar-refractivity contribution is 5.94. The van der Waals surface area contributed by atoms with E-state index in [1.54, 1.807) is 0 Å². The molecule has 2 amide bonds. The van der Waals surface area contributed by atoms with Crippen LogP contribution in [-0.4, -0.2) is 47.3 Å². The number of nitrogens with one attached hydrogen (secondary N) is 1. The summed E-state index contributed by atoms with van der Waals surface area (Å²) in [6.45, 7) is 5.51. The van der Waals surface area contributed by atoms with Gasteiger partial charge in [-0.15, -0.1) is 0 Å². The fourth-order valence-electron chi connectivity index (χ4n) is 4.51. The van der Waals surface area contributed by atoms with Gasteiger partial charge in [0.1, 0.15) is 0 Å². The second-order valence-corrected chi connectivity index (χ2v) is 7.77. The summed E-state index contributed by atoms with van der Waals surface area (Å²) in [5, 5.41) is 13.1. The maximum atomic E-state index is 12.8. The second-order valence-electron chi connectivity index (χ2n) is 7.77. The first-order valence-corrected chi connectivity index (χ1v) is 9.67. The van der Waals surface area contributed by atoms with E-state index in [0.717, 1.165) is 17.8 Å². The zero-order valence-corrected chi connectivity index (χ0v) is 15.9. The largest absolute Gasteiger partial charge is 0.395 e. The van der Waals surface area contributed by atoms with E-state index in [1.165, 1.54) is 5.56 Å². The number of benzene rings is 2. The molecule has 142 valence electrons. The number of aliphatic hydroxyl groups excluding tert-OH is 1. The van der Waals surface area contributed by atoms with Crippen molar-refractivity contribution in [1.29, 1.82) is 0 Å². The van der Waals surface area contributed by atoms with E-state index in [9.17, 15) is 9.90 Å². The van der Waals surface area contributed by atoms with Gasteiger partial charge in [0, 0.05) is 42.8 Å². The van der Waals surface area contributed by atoms with Gasteiger partial charge in [-0.05, 0) is 31.0 Å². The molecule has 0 bridgehead atoms. The maximum Gasteiger partial charge on any atom is 0.322 e. The third kappa shape index (κ3) is 3.22. The molecule has 1 saturated heterocycles. The lowest BCUT2D eigenvalue weighted by molar-refractivity contribution is -0.0485. The molecule has 2 N–H and O–H groups in total. The summed E-state index contributed by atoms with van der Waals surface area (Å²) >= 11 is 0. The number of likely N-dealkylation sites (tertiary alicyclic amines) is 1. The van der Waals surface area contributed by atoms with Crippen LogP contribution in [0.4, 0.5) is 10.5 Å². The van der Waals surface area contributed by atoms with Crippen molar-refractivity contribution in [1.82, 2.24) is 10.2 Å². The lowest BCUT2D eigenvalue weighted by Crippen LogP contribution is -2.69. The number of amides is 2. The van der Waals surface area contributed by atoms with Crippen molar-refractivity contribution in [3.05, 3.63) is 65.7 Å². The fraction of sp³-hybridized carbons (Fsp3) is 0.409. The monoisotopic (exact) mass is 365 g/mol. The molecule has 1 fully saturated rings. The number of hydrogen-bond acceptors (Lipinski definition) is 3. The Morgan fingerprint density at radius 1 is 1.15 bits per heavy atom. The first kappa shape index (κ1) is 18.0. The van der Waals surface area contributed by atoms with Gasteiger partial charge in [0.05, 0.1) is 6.61 Å². The molecule has 2 aliphatic rings. The number of para-hydroxylation sites is 1. The number of nitrogens with zero attached hydrogens (tertiary/aromatic N) is 2. The van der Waals surface area contributed by atoms with Crippen LogP contribution in [0.15, 0.2) is 54.6 Å². The van der Waals surface area contributed by atoms with Crippen molar-refractivity contribution in [2.75, 3.05) is 18.1 Å². The van der Waals surface area contributed by atoms with E-state index in [0.29, 0.717) is 6.54 Å². The molecule has 2 heterocycles. The summed E-state index contributed by atoms with van der Waals surface area (Å²) < 4.78 is 0. The van der Waals surface area contributed by atoms with Crippen molar-refractivity contribution in [3.8, 4) is 0 Å². The third-order valence-electron chi connectivity index (χ3n) is 5.69. The predicted molar refractivity (Wildman–Crippen MR) is 107 cm³/mol. The Morgan fingerprint density at radius 2 is 1.85 bits per heavy atom. The summed E-state index contributed by atoms with van der Waals surface area (Å²) in [6, 6.07) is 18.8. The van der Waals surface area contributed by atoms with Crippen LogP contribution in [0.25, 0.3) is 0 Å². The fourth-order valence-corrected chi connectivity index (χ4v) is 4.51. The molecule has 27 heavy (non-hydrogen) atoms. The minimum absolute atomic E-state index is 0.0528. The highest BCUT2D eigenvalue weighted by Crippen LogP contribution is 2.48. The van der Waals surface area contributed by atoms with Crippen LogP contribution in [0, 0.1) is 0 Å². The number of carbonyl (C=O) groups is 1. The molecule has 5 heteroatoms. The zero-order chi connectivity index (χ0) is 19.0. The maximum absolute atomic E-state index is 12.8. The van der Waals surface area contributed by atoms with E-state index in [2.05, 4.69) is 28.4 Å². The van der Waals surface area contributed by atoms with Crippen LogP contribution in [0.3, 0.4) is 0 Å². The van der Waals surface area contributed by atoms with Crippen molar-refractivity contribution in [3.63, 3.8) is 0 Å². The Kier molecular flexibility index (Phi) is 4.89. The zero-order valence-electron chi connectivity index (χ0n) is 15.9. The highest BCUT2D eigenvalue weighted by Gasteiger charge is 2.53. The van der Waals surface area contributed by atoms with Gasteiger partial charge in [0.25, 0.3) is 0 Å². The summed E-state index contributed by atoms with van der Waals surface area (Å²) in [5.41, 5.74) is 3.36. The van der Waals surface area contributed by atoms with Crippen molar-refractivity contribution < 1.29 is 9.90 Å². The molecule has 2 aliphatic heterocycles. The van der Waals surface area contributed by atoms with Gasteiger partial charge in [-0.1, -0.05) is 48.5 Å². The number of carbonyl (C=O) groups excluding carboxylic acids is 1. The SMILES string of the molecule is CC(C)NC(=O)N1C[C@H]2[C@@H](c3ccccc31)[C@H](CO)N2Cc1ccccc1. The summed E-state index contributed by atoms with van der Waals surface area (Å²) in [4.78, 5) is 17.0. The smallest absolute Gasteiger partial charge is 0.322 e. The van der Waals surface area contributed by atoms with Gasteiger partial charge in [0.2, 0.25) is 0 Å². The van der Waals surface area contributed by atoms with Crippen LogP contribution in [0.5, 0.6) is 0 Å². The molecule has 4 rings (SSSR count). The molecule has 0 saturated carbocycles. The van der Waals surface area contributed by atoms with Gasteiger partial charge in [0.15, 0.2) is 0 Å². The van der Waals surface area contributed by atoms with E-state index >= 15 is 0 Å². The van der Waals surface area contributed by atoms with E-state index < -0.39 is 0 Å². The van der Waals surface area contributed by atoms with E-state index in [1.807, 2.05) is 55.1 Å². The molecule has 0 unspecified atom stereocenters. The minimum atomic E-state index is -0.0528. The molecule has 2 aromatic rings. The summed E-state index contributed by atoms with van der Waals surface area (Å²) in [7, 11) is 0. The number of fused-ring (bicyclic) bond motifs is 3. The third-order valence-corrected chi connectivity index (χ3v) is 5.69. The minimum Gasteiger partial charge on any atom is -0.395 e. The van der Waals surface area contributed by atoms with Crippen LogP contribution in [0.2, 0.25) is 0 Å². The van der Waals surface area contributed by atoms with E-state index in [4.69, 9.17) is 0 Å². The molecule has 3 atom stereocenters. The number of hydrogen-bond donors (Lipinski definition) is 2. The van der Waals surface area contributed by atoms with Crippen LogP contribution in [0.1, 0.15) is 30.9 Å². The standard InChI is InChI=1S/C22H27N3O2/c1-15(2)23-22(27)25-13-19-21(17-10-6-7-11-18(17)25)20(14-26)24(19)12-16-8-4-3-5-9-16/h3-11,15,19-21,26H,12-14H2,1-2H3,(H,23,27)/t19-,20-,21+/m0/s1. The average Bonchev–Trinajstić information content (AvgIpc) is 2.66. The van der Waals surface area contributed by atoms with Gasteiger partial charge in [-0.25, -0.2) is 4.79 Å². The molecule has 0 spiro atoms. The van der Waals surface area contributed by atoms with Crippen LogP contribution >= 0.6 is 0 Å². The number of rotatable bonds is 4. The van der Waals surface area contributed by atoms with Crippen molar-refractivity contribution >= 4 is 11.7 Å². The lowest BCUT2D eigenvalue weighted by atomic mass is 9.72. The Labute approximate surface area is 160 Å². The number of aliphatic hydroxyl groups is 1. The van der Waals surface area contributed by atoms with Gasteiger partial charge < -0.3 is 10.4 Å². The Bertz CT molecular complexity index is 808. The molecular weight excluding hydrogens is 338 g/mol. The van der Waals surface area contributed by atoms with E-state index in [-0.39, 0.29) is 36.7 Å². The molecular formula is C22H27N3O2. The first-order chi connectivity index (χ1) is 13.1. The molecule has 0 radical (unpaired) electrons. The number of urea groups is 1. The Hall–Kier alpha value is -2.37. The predicted octanol–water partition coefficient (Wildman–Crippen LogP) is 2.95. The second kappa shape index (κ2) is 7.33. The highest BCUT2D eigenvalue weighted by atomic mass is 16.3.